The topological polar surface area (TPSA) is 32.3 Å². The fourth-order valence-electron chi connectivity index (χ4n) is 0.287. The first-order chi connectivity index (χ1) is 3.56. The number of hydrogen-bond acceptors (Lipinski definition) is 2. The summed E-state index contributed by atoms with van der Waals surface area (Å²) >= 11 is 0. The lowest BCUT2D eigenvalue weighted by atomic mass is 10.3. The molecular weight excluding hydrogens is 102 g/mol. The van der Waals surface area contributed by atoms with Crippen LogP contribution in [0.4, 0.5) is 0 Å². The third kappa shape index (κ3) is 5.50. The third-order valence-electron chi connectivity index (χ3n) is 0.603. The molecule has 0 saturated heterocycles. The summed E-state index contributed by atoms with van der Waals surface area (Å²) in [5, 5.41) is 11.7. The normalized spacial score (nSPS) is 12.5. The smallest absolute Gasteiger partial charge is 0.129 e. The van der Waals surface area contributed by atoms with E-state index in [0.717, 1.165) is 0 Å². The molecule has 2 nitrogen and oxygen atoms in total. The highest BCUT2D eigenvalue weighted by molar-refractivity contribution is 4.78. The van der Waals surface area contributed by atoms with Crippen molar-refractivity contribution in [2.75, 3.05) is 0 Å². The molecule has 0 radical (unpaired) electrons. The van der Waals surface area contributed by atoms with E-state index in [1.165, 1.54) is 0 Å². The van der Waals surface area contributed by atoms with Crippen LogP contribution in [0.15, 0.2) is 12.3 Å². The second-order valence-electron chi connectivity index (χ2n) is 2.20. The molecular formula is C6H13NO. The van der Waals surface area contributed by atoms with Crippen LogP contribution in [0.5, 0.6) is 0 Å². The molecule has 0 spiro atoms. The molecule has 0 aliphatic heterocycles. The predicted octanol–water partition coefficient (Wildman–Crippen LogP) is 0.838. The Morgan fingerprint density at radius 1 is 1.50 bits per heavy atom. The summed E-state index contributed by atoms with van der Waals surface area (Å²) in [5.74, 6) is 0. The minimum atomic E-state index is -0.785. The quantitative estimate of drug-likeness (QED) is 0.523. The van der Waals surface area contributed by atoms with Gasteiger partial charge in [0.2, 0.25) is 0 Å². The van der Waals surface area contributed by atoms with Gasteiger partial charge in [0.1, 0.15) is 5.72 Å². The molecule has 0 atom stereocenters. The summed E-state index contributed by atoms with van der Waals surface area (Å²) in [5.41, 5.74) is -0.785. The first-order valence-corrected chi connectivity index (χ1v) is 2.67. The summed E-state index contributed by atoms with van der Waals surface area (Å²) in [4.78, 5) is 0. The Morgan fingerprint density at radius 2 is 2.00 bits per heavy atom. The molecule has 0 heterocycles. The van der Waals surface area contributed by atoms with Crippen LogP contribution in [0, 0.1) is 0 Å². The molecule has 0 amide bonds. The van der Waals surface area contributed by atoms with Crippen LogP contribution in [0.1, 0.15) is 20.8 Å². The lowest BCUT2D eigenvalue weighted by molar-refractivity contribution is 0.0585. The summed E-state index contributed by atoms with van der Waals surface area (Å²) in [6.07, 6.45) is 3.54. The molecule has 0 saturated carbocycles. The highest BCUT2D eigenvalue weighted by atomic mass is 16.3. The van der Waals surface area contributed by atoms with Gasteiger partial charge in [0.25, 0.3) is 0 Å². The molecule has 0 aromatic heterocycles. The van der Waals surface area contributed by atoms with Crippen LogP contribution in [-0.2, 0) is 0 Å². The molecule has 0 unspecified atom stereocenters. The Morgan fingerprint density at radius 3 is 2.12 bits per heavy atom. The zero-order valence-corrected chi connectivity index (χ0v) is 5.60. The van der Waals surface area contributed by atoms with E-state index >= 15 is 0 Å². The largest absolute Gasteiger partial charge is 0.372 e. The Balaban J connectivity index is 3.39. The molecule has 2 heteroatoms. The van der Waals surface area contributed by atoms with Gasteiger partial charge in [0.05, 0.1) is 0 Å². The van der Waals surface area contributed by atoms with Gasteiger partial charge in [-0.05, 0) is 27.0 Å². The van der Waals surface area contributed by atoms with Gasteiger partial charge in [-0.1, -0.05) is 6.08 Å². The predicted molar refractivity (Wildman–Crippen MR) is 34.2 cm³/mol. The lowest BCUT2D eigenvalue weighted by Crippen LogP contribution is -2.34. The van der Waals surface area contributed by atoms with Gasteiger partial charge in [0, 0.05) is 0 Å². The number of hydrogen-bond donors (Lipinski definition) is 2. The van der Waals surface area contributed by atoms with E-state index in [1.54, 1.807) is 20.0 Å². The summed E-state index contributed by atoms with van der Waals surface area (Å²) in [7, 11) is 0. The van der Waals surface area contributed by atoms with Crippen molar-refractivity contribution in [3.8, 4) is 0 Å². The zero-order chi connectivity index (χ0) is 6.62. The SMILES string of the molecule is C/C=C/NC(C)(C)O. The molecule has 0 aromatic rings. The van der Waals surface area contributed by atoms with Crippen LogP contribution in [0.25, 0.3) is 0 Å². The summed E-state index contributed by atoms with van der Waals surface area (Å²) in [6, 6.07) is 0. The summed E-state index contributed by atoms with van der Waals surface area (Å²) in [6.45, 7) is 5.26. The van der Waals surface area contributed by atoms with Crippen molar-refractivity contribution in [1.29, 1.82) is 0 Å². The second kappa shape index (κ2) is 2.72. The van der Waals surface area contributed by atoms with Gasteiger partial charge < -0.3 is 10.4 Å². The van der Waals surface area contributed by atoms with Gasteiger partial charge >= 0.3 is 0 Å². The molecule has 0 aliphatic carbocycles. The van der Waals surface area contributed by atoms with Crippen LogP contribution in [-0.4, -0.2) is 10.8 Å². The fraction of sp³-hybridized carbons (Fsp3) is 0.667. The van der Waals surface area contributed by atoms with Crippen molar-refractivity contribution in [2.45, 2.75) is 26.5 Å². The first-order valence-electron chi connectivity index (χ1n) is 2.67. The van der Waals surface area contributed by atoms with E-state index < -0.39 is 5.72 Å². The van der Waals surface area contributed by atoms with Crippen molar-refractivity contribution in [3.05, 3.63) is 12.3 Å². The van der Waals surface area contributed by atoms with E-state index in [9.17, 15) is 0 Å². The van der Waals surface area contributed by atoms with E-state index in [0.29, 0.717) is 0 Å². The number of allylic oxidation sites excluding steroid dienone is 1. The van der Waals surface area contributed by atoms with Crippen molar-refractivity contribution in [3.63, 3.8) is 0 Å². The van der Waals surface area contributed by atoms with Crippen LogP contribution in [0.2, 0.25) is 0 Å². The van der Waals surface area contributed by atoms with E-state index in [2.05, 4.69) is 5.32 Å². The first kappa shape index (κ1) is 7.50. The minimum Gasteiger partial charge on any atom is -0.372 e. The third-order valence-corrected chi connectivity index (χ3v) is 0.603. The van der Waals surface area contributed by atoms with E-state index in [4.69, 9.17) is 5.11 Å². The zero-order valence-electron chi connectivity index (χ0n) is 5.60. The van der Waals surface area contributed by atoms with Crippen molar-refractivity contribution >= 4 is 0 Å². The number of aliphatic hydroxyl groups is 1. The van der Waals surface area contributed by atoms with Gasteiger partial charge in [-0.2, -0.15) is 0 Å². The molecule has 0 bridgehead atoms. The summed E-state index contributed by atoms with van der Waals surface area (Å²) < 4.78 is 0. The molecule has 48 valence electrons. The molecule has 0 aliphatic rings. The Hall–Kier alpha value is -0.500. The molecule has 0 aromatic carbocycles. The fourth-order valence-corrected chi connectivity index (χ4v) is 0.287. The van der Waals surface area contributed by atoms with Gasteiger partial charge in [0.15, 0.2) is 0 Å². The average molecular weight is 115 g/mol. The molecule has 2 N–H and O–H groups in total. The van der Waals surface area contributed by atoms with Crippen LogP contribution in [0.3, 0.4) is 0 Å². The van der Waals surface area contributed by atoms with Crippen molar-refractivity contribution < 1.29 is 5.11 Å². The van der Waals surface area contributed by atoms with E-state index in [-0.39, 0.29) is 0 Å². The standard InChI is InChI=1S/C6H13NO/c1-4-5-7-6(2,3)8/h4-5,7-8H,1-3H3/b5-4+. The van der Waals surface area contributed by atoms with Crippen molar-refractivity contribution in [1.82, 2.24) is 5.32 Å². The van der Waals surface area contributed by atoms with Crippen LogP contribution < -0.4 is 5.32 Å². The Bertz CT molecular complexity index is 81.0. The van der Waals surface area contributed by atoms with Gasteiger partial charge in [-0.3, -0.25) is 0 Å². The van der Waals surface area contributed by atoms with Gasteiger partial charge in [-0.15, -0.1) is 0 Å². The number of rotatable bonds is 2. The maximum Gasteiger partial charge on any atom is 0.129 e. The molecule has 8 heavy (non-hydrogen) atoms. The minimum absolute atomic E-state index is 0.785. The second-order valence-corrected chi connectivity index (χ2v) is 2.20. The highest BCUT2D eigenvalue weighted by Crippen LogP contribution is 1.92. The maximum atomic E-state index is 8.99. The van der Waals surface area contributed by atoms with Crippen molar-refractivity contribution in [2.24, 2.45) is 0 Å². The lowest BCUT2D eigenvalue weighted by Gasteiger charge is -2.16. The Kier molecular flexibility index (Phi) is 2.55. The Labute approximate surface area is 50.2 Å². The van der Waals surface area contributed by atoms with Crippen LogP contribution >= 0.6 is 0 Å². The number of nitrogens with one attached hydrogen (secondary N) is 1. The van der Waals surface area contributed by atoms with Gasteiger partial charge in [-0.25, -0.2) is 0 Å². The monoisotopic (exact) mass is 115 g/mol. The maximum absolute atomic E-state index is 8.99. The highest BCUT2D eigenvalue weighted by Gasteiger charge is 2.05. The van der Waals surface area contributed by atoms with E-state index in [1.807, 2.05) is 13.0 Å². The molecule has 0 fully saturated rings. The molecule has 0 rings (SSSR count). The average Bonchev–Trinajstić information content (AvgIpc) is 1.59.